The van der Waals surface area contributed by atoms with Crippen molar-refractivity contribution in [1.82, 2.24) is 10.2 Å². The molecule has 0 bridgehead atoms. The Morgan fingerprint density at radius 3 is 2.19 bits per heavy atom. The molecule has 0 unspecified atom stereocenters. The molecule has 2 N–H and O–H groups in total. The van der Waals surface area contributed by atoms with Crippen LogP contribution in [0.25, 0.3) is 11.1 Å². The molecule has 0 atom stereocenters. The first-order valence-electron chi connectivity index (χ1n) is 10.6. The second kappa shape index (κ2) is 8.41. The number of ether oxygens (including phenoxy) is 1. The van der Waals surface area contributed by atoms with Crippen LogP contribution in [0.15, 0.2) is 48.5 Å². The number of carboxylic acid groups (broad SMARTS) is 1. The highest BCUT2D eigenvalue weighted by molar-refractivity contribution is 5.84. The van der Waals surface area contributed by atoms with Crippen LogP contribution in [0.4, 0.5) is 4.79 Å². The second-order valence-electron chi connectivity index (χ2n) is 8.19. The van der Waals surface area contributed by atoms with Crippen molar-refractivity contribution in [3.63, 3.8) is 0 Å². The fraction of sp³-hybridized carbons (Fsp3) is 0.375. The van der Waals surface area contributed by atoms with Crippen molar-refractivity contribution in [1.29, 1.82) is 0 Å². The maximum atomic E-state index is 12.2. The minimum atomic E-state index is -0.865. The highest BCUT2D eigenvalue weighted by atomic mass is 16.5. The minimum Gasteiger partial charge on any atom is -0.481 e. The number of rotatable bonds is 7. The van der Waals surface area contributed by atoms with Gasteiger partial charge in [0.15, 0.2) is 0 Å². The van der Waals surface area contributed by atoms with Crippen LogP contribution in [0.5, 0.6) is 0 Å². The standard InChI is InChI=1S/C24H26N2O5/c1-2-24(22(28)29)14-26(15-24)21(27)11-12-25-23(30)31-13-20-18-9-5-3-7-16(18)17-8-4-6-10-19(17)20/h3-10,20H,2,11-15H2,1H3,(H,25,30)(H,28,29). The number of alkyl carbamates (subject to hydrolysis) is 1. The van der Waals surface area contributed by atoms with Crippen molar-refractivity contribution in [2.45, 2.75) is 25.7 Å². The highest BCUT2D eigenvalue weighted by Gasteiger charge is 2.49. The molecule has 1 saturated heterocycles. The number of benzene rings is 2. The molecule has 0 spiro atoms. The number of hydrogen-bond acceptors (Lipinski definition) is 4. The maximum Gasteiger partial charge on any atom is 0.407 e. The fourth-order valence-electron chi connectivity index (χ4n) is 4.45. The average molecular weight is 422 g/mol. The number of carbonyl (C=O) groups is 3. The number of carboxylic acids is 1. The molecule has 7 nitrogen and oxygen atoms in total. The van der Waals surface area contributed by atoms with E-state index in [1.54, 1.807) is 0 Å². The summed E-state index contributed by atoms with van der Waals surface area (Å²) in [4.78, 5) is 37.2. The van der Waals surface area contributed by atoms with Crippen LogP contribution in [0, 0.1) is 5.41 Å². The van der Waals surface area contributed by atoms with Gasteiger partial charge in [-0.05, 0) is 28.7 Å². The first-order chi connectivity index (χ1) is 14.9. The summed E-state index contributed by atoms with van der Waals surface area (Å²) in [6.07, 6.45) is 0.0417. The smallest absolute Gasteiger partial charge is 0.407 e. The molecule has 31 heavy (non-hydrogen) atoms. The summed E-state index contributed by atoms with van der Waals surface area (Å²) in [7, 11) is 0. The van der Waals surface area contributed by atoms with E-state index in [9.17, 15) is 19.5 Å². The van der Waals surface area contributed by atoms with Crippen LogP contribution in [-0.4, -0.2) is 54.2 Å². The quantitative estimate of drug-likeness (QED) is 0.714. The van der Waals surface area contributed by atoms with E-state index in [0.29, 0.717) is 6.42 Å². The number of aliphatic carboxylic acids is 1. The minimum absolute atomic E-state index is 0.0148. The van der Waals surface area contributed by atoms with Gasteiger partial charge in [-0.1, -0.05) is 55.5 Å². The fourth-order valence-corrected chi connectivity index (χ4v) is 4.45. The highest BCUT2D eigenvalue weighted by Crippen LogP contribution is 2.44. The lowest BCUT2D eigenvalue weighted by Crippen LogP contribution is -2.62. The number of likely N-dealkylation sites (tertiary alicyclic amines) is 1. The Bertz CT molecular complexity index is 967. The Hall–Kier alpha value is -3.35. The molecule has 1 heterocycles. The predicted molar refractivity (Wildman–Crippen MR) is 115 cm³/mol. The average Bonchev–Trinajstić information content (AvgIpc) is 3.05. The van der Waals surface area contributed by atoms with Crippen molar-refractivity contribution < 1.29 is 24.2 Å². The lowest BCUT2D eigenvalue weighted by molar-refractivity contribution is -0.166. The summed E-state index contributed by atoms with van der Waals surface area (Å²) in [6, 6.07) is 16.2. The molecule has 4 rings (SSSR count). The van der Waals surface area contributed by atoms with Gasteiger partial charge in [0.05, 0.1) is 0 Å². The molecule has 2 aliphatic rings. The first-order valence-corrected chi connectivity index (χ1v) is 10.6. The molecule has 0 saturated carbocycles. The zero-order chi connectivity index (χ0) is 22.0. The summed E-state index contributed by atoms with van der Waals surface area (Å²) in [5, 5.41) is 11.9. The number of hydrogen-bond donors (Lipinski definition) is 2. The molecule has 2 aromatic rings. The monoisotopic (exact) mass is 422 g/mol. The maximum absolute atomic E-state index is 12.2. The topological polar surface area (TPSA) is 95.9 Å². The molecule has 2 aromatic carbocycles. The number of nitrogens with one attached hydrogen (secondary N) is 1. The molecule has 7 heteroatoms. The van der Waals surface area contributed by atoms with Crippen molar-refractivity contribution in [3.05, 3.63) is 59.7 Å². The van der Waals surface area contributed by atoms with E-state index in [4.69, 9.17) is 4.74 Å². The van der Waals surface area contributed by atoms with Gasteiger partial charge in [0.2, 0.25) is 5.91 Å². The van der Waals surface area contributed by atoms with Crippen LogP contribution >= 0.6 is 0 Å². The van der Waals surface area contributed by atoms with Gasteiger partial charge in [0, 0.05) is 32.0 Å². The Morgan fingerprint density at radius 2 is 1.65 bits per heavy atom. The van der Waals surface area contributed by atoms with Gasteiger partial charge >= 0.3 is 12.1 Å². The van der Waals surface area contributed by atoms with Crippen LogP contribution in [0.2, 0.25) is 0 Å². The van der Waals surface area contributed by atoms with Gasteiger partial charge in [-0.2, -0.15) is 0 Å². The van der Waals surface area contributed by atoms with Gasteiger partial charge in [-0.15, -0.1) is 0 Å². The van der Waals surface area contributed by atoms with Crippen molar-refractivity contribution >= 4 is 18.0 Å². The first kappa shape index (κ1) is 20.9. The number of nitrogens with zero attached hydrogens (tertiary/aromatic N) is 1. The Labute approximate surface area is 181 Å². The van der Waals surface area contributed by atoms with E-state index in [-0.39, 0.29) is 44.5 Å². The predicted octanol–water partition coefficient (Wildman–Crippen LogP) is 3.24. The summed E-state index contributed by atoms with van der Waals surface area (Å²) in [6.45, 7) is 2.63. The lowest BCUT2D eigenvalue weighted by atomic mass is 9.77. The van der Waals surface area contributed by atoms with Gasteiger partial charge in [-0.25, -0.2) is 4.79 Å². The number of amides is 2. The molecule has 0 radical (unpaired) electrons. The van der Waals surface area contributed by atoms with E-state index in [2.05, 4.69) is 29.6 Å². The second-order valence-corrected chi connectivity index (χ2v) is 8.19. The summed E-state index contributed by atoms with van der Waals surface area (Å²) in [5.74, 6) is -1.04. The van der Waals surface area contributed by atoms with E-state index in [1.807, 2.05) is 31.2 Å². The van der Waals surface area contributed by atoms with Crippen LogP contribution < -0.4 is 5.32 Å². The molecular formula is C24H26N2O5. The van der Waals surface area contributed by atoms with Gasteiger partial charge in [-0.3, -0.25) is 9.59 Å². The molecule has 0 aromatic heterocycles. The summed E-state index contributed by atoms with van der Waals surface area (Å²) in [5.41, 5.74) is 3.79. The lowest BCUT2D eigenvalue weighted by Gasteiger charge is -2.46. The van der Waals surface area contributed by atoms with Crippen LogP contribution in [0.3, 0.4) is 0 Å². The Morgan fingerprint density at radius 1 is 1.06 bits per heavy atom. The molecule has 2 amide bonds. The van der Waals surface area contributed by atoms with E-state index >= 15 is 0 Å². The third kappa shape index (κ3) is 3.87. The third-order valence-electron chi connectivity index (χ3n) is 6.42. The largest absolute Gasteiger partial charge is 0.481 e. The molecule has 162 valence electrons. The third-order valence-corrected chi connectivity index (χ3v) is 6.42. The summed E-state index contributed by atoms with van der Waals surface area (Å²) >= 11 is 0. The molecule has 1 aliphatic carbocycles. The number of fused-ring (bicyclic) bond motifs is 3. The Kier molecular flexibility index (Phi) is 5.67. The molecule has 1 aliphatic heterocycles. The van der Waals surface area contributed by atoms with Crippen molar-refractivity contribution in [3.8, 4) is 11.1 Å². The van der Waals surface area contributed by atoms with E-state index in [0.717, 1.165) is 22.3 Å². The van der Waals surface area contributed by atoms with Gasteiger partial charge < -0.3 is 20.1 Å². The van der Waals surface area contributed by atoms with Crippen molar-refractivity contribution in [2.75, 3.05) is 26.2 Å². The Balaban J connectivity index is 1.25. The molecule has 1 fully saturated rings. The normalized spacial score (nSPS) is 16.1. The van der Waals surface area contributed by atoms with Gasteiger partial charge in [0.25, 0.3) is 0 Å². The van der Waals surface area contributed by atoms with Crippen LogP contribution in [0.1, 0.15) is 36.8 Å². The summed E-state index contributed by atoms with van der Waals surface area (Å²) < 4.78 is 5.45. The zero-order valence-corrected chi connectivity index (χ0v) is 17.5. The van der Waals surface area contributed by atoms with Crippen LogP contribution in [-0.2, 0) is 14.3 Å². The number of carbonyl (C=O) groups excluding carboxylic acids is 2. The SMILES string of the molecule is CCC1(C(=O)O)CN(C(=O)CCNC(=O)OCC2c3ccccc3-c3ccccc32)C1. The van der Waals surface area contributed by atoms with E-state index in [1.165, 1.54) is 4.90 Å². The zero-order valence-electron chi connectivity index (χ0n) is 17.5. The van der Waals surface area contributed by atoms with Crippen molar-refractivity contribution in [2.24, 2.45) is 5.41 Å². The van der Waals surface area contributed by atoms with E-state index < -0.39 is 17.5 Å². The van der Waals surface area contributed by atoms with Gasteiger partial charge in [0.1, 0.15) is 12.0 Å². The molecular weight excluding hydrogens is 396 g/mol.